The summed E-state index contributed by atoms with van der Waals surface area (Å²) in [5.41, 5.74) is 7.12. The average Bonchev–Trinajstić information content (AvgIpc) is 2.72. The van der Waals surface area contributed by atoms with E-state index >= 15 is 0 Å². The zero-order valence-corrected chi connectivity index (χ0v) is 18.0. The van der Waals surface area contributed by atoms with Gasteiger partial charge in [0.05, 0.1) is 25.4 Å². The number of nitrogens with two attached hydrogens (primary N) is 1. The van der Waals surface area contributed by atoms with Gasteiger partial charge in [-0.1, -0.05) is 114 Å². The lowest BCUT2D eigenvalue weighted by Gasteiger charge is -2.16. The summed E-state index contributed by atoms with van der Waals surface area (Å²) in [5.74, 6) is 0. The minimum absolute atomic E-state index is 0.360. The lowest BCUT2D eigenvalue weighted by Crippen LogP contribution is -2.37. The predicted molar refractivity (Wildman–Crippen MR) is 120 cm³/mol. The predicted octanol–water partition coefficient (Wildman–Crippen LogP) is 6.15. The number of hydrogen-bond acceptors (Lipinski definition) is 3. The molecule has 3 N–H and O–H groups in total. The maximum atomic E-state index is 10.1. The first-order chi connectivity index (χ1) is 13.7. The fraction of sp³-hybridized carbons (Fsp3) is 0.680. The first-order valence-electron chi connectivity index (χ1n) is 11.5. The molecule has 0 amide bonds. The van der Waals surface area contributed by atoms with Crippen LogP contribution >= 0.6 is 0 Å². The van der Waals surface area contributed by atoms with Gasteiger partial charge in [0, 0.05) is 0 Å². The fourth-order valence-corrected chi connectivity index (χ4v) is 3.29. The number of rotatable bonds is 18. The Morgan fingerprint density at radius 3 is 2.07 bits per heavy atom. The van der Waals surface area contributed by atoms with Crippen LogP contribution in [-0.4, -0.2) is 23.9 Å². The lowest BCUT2D eigenvalue weighted by atomic mass is 10.0. The number of unbranched alkanes of at least 4 members (excludes halogenated alkanes) is 11. The molecule has 2 atom stereocenters. The molecule has 0 bridgehead atoms. The SMILES string of the molecule is CCCCCCCCCCCCC/C=C/[C@H](O)[C@H](N)COCc1ccccc1. The molecule has 0 heterocycles. The highest BCUT2D eigenvalue weighted by atomic mass is 16.5. The highest BCUT2D eigenvalue weighted by Gasteiger charge is 2.11. The molecule has 0 unspecified atom stereocenters. The van der Waals surface area contributed by atoms with Crippen molar-refractivity contribution in [1.82, 2.24) is 0 Å². The second-order valence-corrected chi connectivity index (χ2v) is 7.91. The number of benzene rings is 1. The molecule has 0 saturated heterocycles. The van der Waals surface area contributed by atoms with Crippen molar-refractivity contribution < 1.29 is 9.84 Å². The van der Waals surface area contributed by atoms with Crippen LogP contribution in [0.1, 0.15) is 89.5 Å². The fourth-order valence-electron chi connectivity index (χ4n) is 3.29. The van der Waals surface area contributed by atoms with Gasteiger partial charge >= 0.3 is 0 Å². The van der Waals surface area contributed by atoms with Gasteiger partial charge in [-0.2, -0.15) is 0 Å². The molecule has 0 aliphatic rings. The summed E-state index contributed by atoms with van der Waals surface area (Å²) < 4.78 is 5.60. The van der Waals surface area contributed by atoms with Gasteiger partial charge in [0.1, 0.15) is 0 Å². The zero-order chi connectivity index (χ0) is 20.3. The van der Waals surface area contributed by atoms with E-state index in [1.54, 1.807) is 0 Å². The van der Waals surface area contributed by atoms with Crippen LogP contribution in [0.5, 0.6) is 0 Å². The van der Waals surface area contributed by atoms with Crippen molar-refractivity contribution in [1.29, 1.82) is 0 Å². The van der Waals surface area contributed by atoms with Gasteiger partial charge in [0.25, 0.3) is 0 Å². The van der Waals surface area contributed by atoms with Gasteiger partial charge in [-0.25, -0.2) is 0 Å². The van der Waals surface area contributed by atoms with Crippen molar-refractivity contribution in [3.8, 4) is 0 Å². The van der Waals surface area contributed by atoms with E-state index in [4.69, 9.17) is 10.5 Å². The molecule has 0 saturated carbocycles. The number of hydrogen-bond donors (Lipinski definition) is 2. The Morgan fingerprint density at radius 2 is 1.46 bits per heavy atom. The molecule has 0 fully saturated rings. The third kappa shape index (κ3) is 13.9. The molecule has 1 aromatic rings. The minimum Gasteiger partial charge on any atom is -0.387 e. The van der Waals surface area contributed by atoms with E-state index in [-0.39, 0.29) is 6.04 Å². The first kappa shape index (κ1) is 24.9. The number of aliphatic hydroxyl groups is 1. The summed E-state index contributed by atoms with van der Waals surface area (Å²) in [4.78, 5) is 0. The van der Waals surface area contributed by atoms with Gasteiger partial charge < -0.3 is 15.6 Å². The quantitative estimate of drug-likeness (QED) is 0.234. The molecule has 1 rings (SSSR count). The maximum absolute atomic E-state index is 10.1. The first-order valence-corrected chi connectivity index (χ1v) is 11.5. The monoisotopic (exact) mass is 389 g/mol. The van der Waals surface area contributed by atoms with Crippen LogP contribution in [0.25, 0.3) is 0 Å². The van der Waals surface area contributed by atoms with Crippen molar-refractivity contribution in [2.45, 2.75) is 103 Å². The molecule has 1 aromatic carbocycles. The van der Waals surface area contributed by atoms with Crippen LogP contribution < -0.4 is 5.73 Å². The molecule has 0 radical (unpaired) electrons. The molecular weight excluding hydrogens is 346 g/mol. The third-order valence-corrected chi connectivity index (χ3v) is 5.17. The van der Waals surface area contributed by atoms with Crippen LogP contribution in [0.2, 0.25) is 0 Å². The number of ether oxygens (including phenoxy) is 1. The summed E-state index contributed by atoms with van der Waals surface area (Å²) in [7, 11) is 0. The largest absolute Gasteiger partial charge is 0.387 e. The van der Waals surface area contributed by atoms with E-state index in [9.17, 15) is 5.11 Å². The Labute approximate surface area is 173 Å². The van der Waals surface area contributed by atoms with E-state index < -0.39 is 6.10 Å². The van der Waals surface area contributed by atoms with Crippen molar-refractivity contribution >= 4 is 0 Å². The van der Waals surface area contributed by atoms with Gasteiger partial charge in [-0.15, -0.1) is 0 Å². The minimum atomic E-state index is -0.636. The highest BCUT2D eigenvalue weighted by molar-refractivity contribution is 5.13. The zero-order valence-electron chi connectivity index (χ0n) is 18.0. The van der Waals surface area contributed by atoms with Crippen LogP contribution in [0, 0.1) is 0 Å². The number of allylic oxidation sites excluding steroid dienone is 1. The Bertz CT molecular complexity index is 475. The molecule has 0 spiro atoms. The van der Waals surface area contributed by atoms with Crippen molar-refractivity contribution in [3.63, 3.8) is 0 Å². The summed E-state index contributed by atoms with van der Waals surface area (Å²) in [5, 5.41) is 10.1. The molecule has 0 aliphatic heterocycles. The van der Waals surface area contributed by atoms with Crippen LogP contribution in [0.4, 0.5) is 0 Å². The summed E-state index contributed by atoms with van der Waals surface area (Å²) >= 11 is 0. The molecule has 3 heteroatoms. The Kier molecular flexibility index (Phi) is 15.9. The smallest absolute Gasteiger partial charge is 0.0894 e. The average molecular weight is 390 g/mol. The van der Waals surface area contributed by atoms with Crippen molar-refractivity contribution in [2.24, 2.45) is 5.73 Å². The molecular formula is C25H43NO2. The van der Waals surface area contributed by atoms with E-state index in [1.807, 2.05) is 36.4 Å². The Hall–Kier alpha value is -1.16. The van der Waals surface area contributed by atoms with Gasteiger partial charge in [-0.3, -0.25) is 0 Å². The lowest BCUT2D eigenvalue weighted by molar-refractivity contribution is 0.0713. The second-order valence-electron chi connectivity index (χ2n) is 7.91. The standard InChI is InChI=1S/C25H43NO2/c1-2-3-4-5-6-7-8-9-10-11-12-13-17-20-25(27)24(26)22-28-21-23-18-15-14-16-19-23/h14-20,24-25,27H,2-13,21-22,26H2,1H3/b20-17+/t24-,25+/m1/s1. The van der Waals surface area contributed by atoms with Gasteiger partial charge in [0.15, 0.2) is 0 Å². The normalized spacial score (nSPS) is 13.8. The van der Waals surface area contributed by atoms with Gasteiger partial charge in [-0.05, 0) is 18.4 Å². The van der Waals surface area contributed by atoms with E-state index in [0.29, 0.717) is 13.2 Å². The third-order valence-electron chi connectivity index (χ3n) is 5.17. The van der Waals surface area contributed by atoms with Crippen molar-refractivity contribution in [2.75, 3.05) is 6.61 Å². The summed E-state index contributed by atoms with van der Waals surface area (Å²) in [6.07, 6.45) is 19.2. The van der Waals surface area contributed by atoms with E-state index in [0.717, 1.165) is 12.0 Å². The Morgan fingerprint density at radius 1 is 0.893 bits per heavy atom. The molecule has 0 aliphatic carbocycles. The van der Waals surface area contributed by atoms with Crippen LogP contribution in [0.3, 0.4) is 0 Å². The second kappa shape index (κ2) is 17.9. The van der Waals surface area contributed by atoms with E-state index in [1.165, 1.54) is 70.6 Å². The van der Waals surface area contributed by atoms with Crippen LogP contribution in [0.15, 0.2) is 42.5 Å². The molecule has 0 aromatic heterocycles. The topological polar surface area (TPSA) is 55.5 Å². The molecule has 28 heavy (non-hydrogen) atoms. The molecule has 3 nitrogen and oxygen atoms in total. The van der Waals surface area contributed by atoms with Gasteiger partial charge in [0.2, 0.25) is 0 Å². The number of aliphatic hydroxyl groups excluding tert-OH is 1. The Balaban J connectivity index is 1.92. The maximum Gasteiger partial charge on any atom is 0.0894 e. The van der Waals surface area contributed by atoms with Crippen molar-refractivity contribution in [3.05, 3.63) is 48.0 Å². The van der Waals surface area contributed by atoms with Crippen LogP contribution in [-0.2, 0) is 11.3 Å². The highest BCUT2D eigenvalue weighted by Crippen LogP contribution is 2.12. The summed E-state index contributed by atoms with van der Waals surface area (Å²) in [6.45, 7) is 3.16. The van der Waals surface area contributed by atoms with E-state index in [2.05, 4.69) is 13.0 Å². The molecule has 160 valence electrons. The summed E-state index contributed by atoms with van der Waals surface area (Å²) in [6, 6.07) is 9.64.